The van der Waals surface area contributed by atoms with Crippen molar-refractivity contribution in [2.75, 3.05) is 29.1 Å². The quantitative estimate of drug-likeness (QED) is 0.694. The Hall–Kier alpha value is -2.24. The lowest BCUT2D eigenvalue weighted by molar-refractivity contribution is -0.113. The molecule has 1 aromatic carbocycles. The minimum atomic E-state index is -0.201. The molecule has 2 heterocycles. The van der Waals surface area contributed by atoms with E-state index in [9.17, 15) is 10.1 Å². The number of nitrogens with one attached hydrogen (secondary N) is 1. The Kier molecular flexibility index (Phi) is 5.97. The highest BCUT2D eigenvalue weighted by molar-refractivity contribution is 7.99. The number of anilines is 2. The summed E-state index contributed by atoms with van der Waals surface area (Å²) < 4.78 is 2.20. The Bertz CT molecular complexity index is 943. The smallest absolute Gasteiger partial charge is 0.234 e. The Morgan fingerprint density at radius 3 is 2.76 bits per heavy atom. The molecule has 4 rings (SSSR count). The predicted molar refractivity (Wildman–Crippen MR) is 114 cm³/mol. The molecule has 1 saturated heterocycles. The lowest BCUT2D eigenvalue weighted by Gasteiger charge is -2.31. The molecule has 0 radical (unpaired) electrons. The molecule has 1 saturated carbocycles. The van der Waals surface area contributed by atoms with Crippen molar-refractivity contribution in [2.45, 2.75) is 43.8 Å². The van der Waals surface area contributed by atoms with Crippen LogP contribution in [0.25, 0.3) is 0 Å². The monoisotopic (exact) mass is 430 g/mol. The molecule has 0 atom stereocenters. The molecule has 0 bridgehead atoms. The zero-order valence-corrected chi connectivity index (χ0v) is 17.8. The van der Waals surface area contributed by atoms with Crippen LogP contribution in [0.4, 0.5) is 11.6 Å². The first kappa shape index (κ1) is 20.0. The van der Waals surface area contributed by atoms with Crippen LogP contribution in [0.3, 0.4) is 0 Å². The maximum Gasteiger partial charge on any atom is 0.234 e. The molecule has 9 heteroatoms. The molecule has 7 nitrogen and oxygen atoms in total. The van der Waals surface area contributed by atoms with Gasteiger partial charge < -0.3 is 10.2 Å². The summed E-state index contributed by atoms with van der Waals surface area (Å²) in [5.74, 6) is 1.68. The second kappa shape index (κ2) is 8.64. The van der Waals surface area contributed by atoms with Gasteiger partial charge in [0.1, 0.15) is 6.07 Å². The van der Waals surface area contributed by atoms with Gasteiger partial charge in [0.25, 0.3) is 0 Å². The molecule has 0 spiro atoms. The highest BCUT2D eigenvalue weighted by atomic mass is 35.5. The van der Waals surface area contributed by atoms with Gasteiger partial charge in [-0.1, -0.05) is 30.3 Å². The van der Waals surface area contributed by atoms with Gasteiger partial charge in [-0.2, -0.15) is 5.26 Å². The van der Waals surface area contributed by atoms with Gasteiger partial charge in [-0.05, 0) is 49.8 Å². The highest BCUT2D eigenvalue weighted by Gasteiger charge is 2.32. The first-order valence-corrected chi connectivity index (χ1v) is 11.2. The van der Waals surface area contributed by atoms with E-state index >= 15 is 0 Å². The molecule has 2 aromatic rings. The summed E-state index contributed by atoms with van der Waals surface area (Å²) in [5, 5.41) is 22.1. The molecule has 1 N–H and O–H groups in total. The number of rotatable bonds is 6. The van der Waals surface area contributed by atoms with Crippen LogP contribution in [0.2, 0.25) is 5.02 Å². The van der Waals surface area contributed by atoms with Gasteiger partial charge in [0.2, 0.25) is 11.9 Å². The van der Waals surface area contributed by atoms with Crippen LogP contribution in [0.1, 0.15) is 44.2 Å². The Labute approximate surface area is 179 Å². The SMILES string of the molecule is CC1CCN(c2nnc(SCC(=O)Nc3cc(Cl)ccc3C#N)n2C2CC2)CC1. The predicted octanol–water partition coefficient (Wildman–Crippen LogP) is 4.11. The van der Waals surface area contributed by atoms with E-state index in [1.807, 2.05) is 0 Å². The lowest BCUT2D eigenvalue weighted by atomic mass is 10.00. The van der Waals surface area contributed by atoms with E-state index < -0.39 is 0 Å². The maximum absolute atomic E-state index is 12.5. The fourth-order valence-corrected chi connectivity index (χ4v) is 4.45. The summed E-state index contributed by atoms with van der Waals surface area (Å²) in [6.07, 6.45) is 4.60. The van der Waals surface area contributed by atoms with Crippen molar-refractivity contribution in [3.63, 3.8) is 0 Å². The highest BCUT2D eigenvalue weighted by Crippen LogP contribution is 2.41. The van der Waals surface area contributed by atoms with E-state index in [4.69, 9.17) is 11.6 Å². The van der Waals surface area contributed by atoms with E-state index in [-0.39, 0.29) is 11.7 Å². The summed E-state index contributed by atoms with van der Waals surface area (Å²) in [6, 6.07) is 7.31. The second-order valence-electron chi connectivity index (χ2n) is 7.69. The van der Waals surface area contributed by atoms with Crippen LogP contribution >= 0.6 is 23.4 Å². The molecule has 1 aliphatic carbocycles. The Balaban J connectivity index is 1.43. The second-order valence-corrected chi connectivity index (χ2v) is 9.07. The van der Waals surface area contributed by atoms with Crippen LogP contribution in [-0.4, -0.2) is 39.5 Å². The van der Waals surface area contributed by atoms with Gasteiger partial charge in [-0.25, -0.2) is 0 Å². The number of hydrogen-bond acceptors (Lipinski definition) is 6. The fourth-order valence-electron chi connectivity index (χ4n) is 3.48. The maximum atomic E-state index is 12.5. The third kappa shape index (κ3) is 4.68. The summed E-state index contributed by atoms with van der Waals surface area (Å²) in [6.45, 7) is 4.30. The zero-order chi connectivity index (χ0) is 20.4. The van der Waals surface area contributed by atoms with Crippen molar-refractivity contribution in [2.24, 2.45) is 5.92 Å². The van der Waals surface area contributed by atoms with Gasteiger partial charge in [0.15, 0.2) is 5.16 Å². The molecule has 2 fully saturated rings. The summed E-state index contributed by atoms with van der Waals surface area (Å²) >= 11 is 7.37. The van der Waals surface area contributed by atoms with E-state index in [0.29, 0.717) is 22.3 Å². The molecule has 1 aromatic heterocycles. The van der Waals surface area contributed by atoms with Crippen LogP contribution < -0.4 is 10.2 Å². The molecular formula is C20H23ClN6OS. The number of piperidine rings is 1. The number of halogens is 1. The van der Waals surface area contributed by atoms with E-state index in [0.717, 1.165) is 43.0 Å². The van der Waals surface area contributed by atoms with Crippen molar-refractivity contribution in [3.8, 4) is 6.07 Å². The van der Waals surface area contributed by atoms with E-state index in [1.165, 1.54) is 24.6 Å². The largest absolute Gasteiger partial charge is 0.341 e. The normalized spacial score (nSPS) is 17.2. The van der Waals surface area contributed by atoms with Crippen LogP contribution in [-0.2, 0) is 4.79 Å². The van der Waals surface area contributed by atoms with Crippen LogP contribution in [0, 0.1) is 17.2 Å². The zero-order valence-electron chi connectivity index (χ0n) is 16.3. The molecule has 29 heavy (non-hydrogen) atoms. The number of carbonyl (C=O) groups excluding carboxylic acids is 1. The molecule has 0 unspecified atom stereocenters. The first-order valence-electron chi connectivity index (χ1n) is 9.87. The van der Waals surface area contributed by atoms with E-state index in [1.54, 1.807) is 18.2 Å². The number of aromatic nitrogens is 3. The third-order valence-electron chi connectivity index (χ3n) is 5.33. The molecular weight excluding hydrogens is 408 g/mol. The number of thioether (sulfide) groups is 1. The number of nitrogens with zero attached hydrogens (tertiary/aromatic N) is 5. The fraction of sp³-hybridized carbons (Fsp3) is 0.500. The van der Waals surface area contributed by atoms with Crippen molar-refractivity contribution in [3.05, 3.63) is 28.8 Å². The summed E-state index contributed by atoms with van der Waals surface area (Å²) in [4.78, 5) is 14.8. The first-order chi connectivity index (χ1) is 14.0. The van der Waals surface area contributed by atoms with Crippen molar-refractivity contribution < 1.29 is 4.79 Å². The van der Waals surface area contributed by atoms with Gasteiger partial charge >= 0.3 is 0 Å². The van der Waals surface area contributed by atoms with Gasteiger partial charge in [-0.15, -0.1) is 10.2 Å². The lowest BCUT2D eigenvalue weighted by Crippen LogP contribution is -2.34. The van der Waals surface area contributed by atoms with Crippen molar-refractivity contribution in [1.29, 1.82) is 5.26 Å². The third-order valence-corrected chi connectivity index (χ3v) is 6.51. The number of benzene rings is 1. The average molecular weight is 431 g/mol. The molecule has 2 aliphatic rings. The van der Waals surface area contributed by atoms with E-state index in [2.05, 4.69) is 38.0 Å². The van der Waals surface area contributed by atoms with Gasteiger partial charge in [-0.3, -0.25) is 9.36 Å². The van der Waals surface area contributed by atoms with Crippen LogP contribution in [0.15, 0.2) is 23.4 Å². The standard InChI is InChI=1S/C20H23ClN6OS/c1-13-6-8-26(9-7-13)19-24-25-20(27(19)16-4-5-16)29-12-18(28)23-17-10-15(21)3-2-14(17)11-22/h2-3,10,13,16H,4-9,12H2,1H3,(H,23,28). The van der Waals surface area contributed by atoms with Crippen molar-refractivity contribution >= 4 is 40.9 Å². The summed E-state index contributed by atoms with van der Waals surface area (Å²) in [7, 11) is 0. The average Bonchev–Trinajstić information content (AvgIpc) is 3.46. The summed E-state index contributed by atoms with van der Waals surface area (Å²) in [5.41, 5.74) is 0.813. The topological polar surface area (TPSA) is 86.8 Å². The Morgan fingerprint density at radius 2 is 2.07 bits per heavy atom. The van der Waals surface area contributed by atoms with Crippen LogP contribution in [0.5, 0.6) is 0 Å². The minimum Gasteiger partial charge on any atom is -0.341 e. The van der Waals surface area contributed by atoms with Crippen molar-refractivity contribution in [1.82, 2.24) is 14.8 Å². The molecule has 152 valence electrons. The number of carbonyl (C=O) groups is 1. The minimum absolute atomic E-state index is 0.194. The molecule has 1 aliphatic heterocycles. The number of nitriles is 1. The van der Waals surface area contributed by atoms with Gasteiger partial charge in [0.05, 0.1) is 17.0 Å². The number of hydrogen-bond donors (Lipinski definition) is 1. The number of amides is 1. The Morgan fingerprint density at radius 1 is 1.31 bits per heavy atom. The van der Waals surface area contributed by atoms with Gasteiger partial charge in [0, 0.05) is 24.2 Å². The molecule has 1 amide bonds.